The third kappa shape index (κ3) is 3.92. The van der Waals surface area contributed by atoms with Crippen molar-refractivity contribution in [3.8, 4) is 5.75 Å². The molecule has 0 atom stereocenters. The molecule has 2 rings (SSSR count). The van der Waals surface area contributed by atoms with Gasteiger partial charge in [-0.3, -0.25) is 0 Å². The topological polar surface area (TPSA) is 73.1 Å². The fraction of sp³-hybridized carbons (Fsp3) is 0.467. The van der Waals surface area contributed by atoms with E-state index in [1.54, 1.807) is 0 Å². The Morgan fingerprint density at radius 2 is 2.10 bits per heavy atom. The number of hydrogen-bond acceptors (Lipinski definition) is 6. The number of ether oxygens (including phenoxy) is 1. The highest BCUT2D eigenvalue weighted by Crippen LogP contribution is 2.28. The summed E-state index contributed by atoms with van der Waals surface area (Å²) < 4.78 is 9.94. The van der Waals surface area contributed by atoms with Crippen molar-refractivity contribution in [3.63, 3.8) is 0 Å². The lowest BCUT2D eigenvalue weighted by molar-refractivity contribution is 0.336. The van der Waals surface area contributed by atoms with Crippen molar-refractivity contribution < 1.29 is 4.74 Å². The molecule has 0 amide bonds. The summed E-state index contributed by atoms with van der Waals surface area (Å²) in [6.45, 7) is 9.33. The third-order valence-electron chi connectivity index (χ3n) is 2.93. The van der Waals surface area contributed by atoms with Crippen molar-refractivity contribution in [2.24, 2.45) is 5.73 Å². The average molecular weight is 306 g/mol. The van der Waals surface area contributed by atoms with Gasteiger partial charge in [-0.2, -0.15) is 4.37 Å². The smallest absolute Gasteiger partial charge is 0.207 e. The van der Waals surface area contributed by atoms with Gasteiger partial charge in [-0.05, 0) is 25.1 Å². The molecule has 0 aliphatic heterocycles. The molecule has 0 spiro atoms. The molecule has 0 bridgehead atoms. The number of nitrogens with one attached hydrogen (secondary N) is 1. The molecule has 0 aliphatic carbocycles. The van der Waals surface area contributed by atoms with E-state index in [2.05, 4.69) is 35.4 Å². The Bertz CT molecular complexity index is 604. The number of anilines is 2. The second-order valence-corrected chi connectivity index (χ2v) is 6.51. The van der Waals surface area contributed by atoms with Gasteiger partial charge in [-0.15, -0.1) is 0 Å². The number of aromatic nitrogens is 2. The van der Waals surface area contributed by atoms with Gasteiger partial charge in [0.1, 0.15) is 11.6 Å². The van der Waals surface area contributed by atoms with Crippen LogP contribution in [0.1, 0.15) is 39.1 Å². The normalized spacial score (nSPS) is 11.5. The standard InChI is InChI=1S/C15H22N4OS/c1-5-20-12-7-6-11(8-10(12)9-16)17-14-18-13(19-21-14)15(2,3)4/h6-8H,5,9,16H2,1-4H3,(H,17,18,19). The lowest BCUT2D eigenvalue weighted by Crippen LogP contribution is -2.13. The number of hydrogen-bond donors (Lipinski definition) is 2. The van der Waals surface area contributed by atoms with Gasteiger partial charge in [0.15, 0.2) is 0 Å². The number of rotatable bonds is 5. The van der Waals surface area contributed by atoms with Gasteiger partial charge in [0.05, 0.1) is 6.61 Å². The SMILES string of the molecule is CCOc1ccc(Nc2nc(C(C)(C)C)ns2)cc1CN. The summed E-state index contributed by atoms with van der Waals surface area (Å²) in [5.74, 6) is 1.68. The molecular weight excluding hydrogens is 284 g/mol. The molecule has 0 fully saturated rings. The first-order chi connectivity index (χ1) is 9.94. The van der Waals surface area contributed by atoms with E-state index in [1.165, 1.54) is 11.5 Å². The third-order valence-corrected chi connectivity index (χ3v) is 3.56. The van der Waals surface area contributed by atoms with Crippen LogP contribution in [0.5, 0.6) is 5.75 Å². The molecule has 5 nitrogen and oxygen atoms in total. The highest BCUT2D eigenvalue weighted by atomic mass is 32.1. The van der Waals surface area contributed by atoms with Crippen LogP contribution in [0.15, 0.2) is 18.2 Å². The molecule has 21 heavy (non-hydrogen) atoms. The first-order valence-corrected chi connectivity index (χ1v) is 7.78. The second-order valence-electron chi connectivity index (χ2n) is 5.76. The first kappa shape index (κ1) is 15.7. The summed E-state index contributed by atoms with van der Waals surface area (Å²) >= 11 is 1.36. The molecule has 114 valence electrons. The monoisotopic (exact) mass is 306 g/mol. The zero-order chi connectivity index (χ0) is 15.5. The van der Waals surface area contributed by atoms with Crippen molar-refractivity contribution >= 4 is 22.4 Å². The predicted octanol–water partition coefficient (Wildman–Crippen LogP) is 3.44. The van der Waals surface area contributed by atoms with E-state index in [0.717, 1.165) is 28.0 Å². The van der Waals surface area contributed by atoms with E-state index in [0.29, 0.717) is 13.2 Å². The molecule has 1 aromatic carbocycles. The van der Waals surface area contributed by atoms with E-state index in [9.17, 15) is 0 Å². The number of benzene rings is 1. The fourth-order valence-electron chi connectivity index (χ4n) is 1.82. The van der Waals surface area contributed by atoms with E-state index >= 15 is 0 Å². The maximum absolute atomic E-state index is 5.77. The molecule has 1 aromatic heterocycles. The van der Waals surface area contributed by atoms with Gasteiger partial charge in [0.25, 0.3) is 0 Å². The Kier molecular flexibility index (Phi) is 4.80. The van der Waals surface area contributed by atoms with Crippen LogP contribution >= 0.6 is 11.5 Å². The largest absolute Gasteiger partial charge is 0.494 e. The molecule has 0 aliphatic rings. The zero-order valence-corrected chi connectivity index (χ0v) is 13.8. The Morgan fingerprint density at radius 3 is 2.67 bits per heavy atom. The fourth-order valence-corrected chi connectivity index (χ4v) is 2.59. The molecule has 0 unspecified atom stereocenters. The molecule has 0 radical (unpaired) electrons. The zero-order valence-electron chi connectivity index (χ0n) is 12.9. The summed E-state index contributed by atoms with van der Waals surface area (Å²) in [6.07, 6.45) is 0. The molecule has 1 heterocycles. The predicted molar refractivity (Wildman–Crippen MR) is 87.4 cm³/mol. The van der Waals surface area contributed by atoms with Crippen molar-refractivity contribution in [1.29, 1.82) is 0 Å². The molecule has 0 saturated heterocycles. The molecule has 0 saturated carbocycles. The van der Waals surface area contributed by atoms with Gasteiger partial charge < -0.3 is 15.8 Å². The highest BCUT2D eigenvalue weighted by molar-refractivity contribution is 7.09. The minimum atomic E-state index is -0.0440. The number of nitrogens with two attached hydrogens (primary N) is 1. The van der Waals surface area contributed by atoms with Gasteiger partial charge in [0.2, 0.25) is 5.13 Å². The van der Waals surface area contributed by atoms with Crippen LogP contribution in [0, 0.1) is 0 Å². The Labute approximate surface area is 129 Å². The van der Waals surface area contributed by atoms with Crippen LogP contribution in [0.25, 0.3) is 0 Å². The minimum absolute atomic E-state index is 0.0440. The second kappa shape index (κ2) is 6.41. The van der Waals surface area contributed by atoms with Crippen LogP contribution in [0.3, 0.4) is 0 Å². The van der Waals surface area contributed by atoms with Crippen molar-refractivity contribution in [2.45, 2.75) is 39.7 Å². The maximum Gasteiger partial charge on any atom is 0.207 e. The first-order valence-electron chi connectivity index (χ1n) is 7.01. The lowest BCUT2D eigenvalue weighted by Gasteiger charge is -2.12. The number of nitrogens with zero attached hydrogens (tertiary/aromatic N) is 2. The van der Waals surface area contributed by atoms with Crippen LogP contribution in [-0.4, -0.2) is 16.0 Å². The minimum Gasteiger partial charge on any atom is -0.494 e. The summed E-state index contributed by atoms with van der Waals surface area (Å²) in [4.78, 5) is 4.52. The van der Waals surface area contributed by atoms with Crippen LogP contribution < -0.4 is 15.8 Å². The summed E-state index contributed by atoms with van der Waals surface area (Å²) in [6, 6.07) is 5.88. The molecular formula is C15H22N4OS. The van der Waals surface area contributed by atoms with E-state index in [4.69, 9.17) is 10.5 Å². The van der Waals surface area contributed by atoms with E-state index in [1.807, 2.05) is 25.1 Å². The van der Waals surface area contributed by atoms with Gasteiger partial charge in [-0.25, -0.2) is 4.98 Å². The van der Waals surface area contributed by atoms with Crippen molar-refractivity contribution in [3.05, 3.63) is 29.6 Å². The summed E-state index contributed by atoms with van der Waals surface area (Å²) in [5, 5.41) is 4.06. The average Bonchev–Trinajstić information content (AvgIpc) is 2.89. The van der Waals surface area contributed by atoms with Crippen LogP contribution in [0.4, 0.5) is 10.8 Å². The molecule has 6 heteroatoms. The van der Waals surface area contributed by atoms with Gasteiger partial charge in [-0.1, -0.05) is 20.8 Å². The summed E-state index contributed by atoms with van der Waals surface area (Å²) in [7, 11) is 0. The Balaban J connectivity index is 2.18. The van der Waals surface area contributed by atoms with Crippen molar-refractivity contribution in [1.82, 2.24) is 9.36 Å². The van der Waals surface area contributed by atoms with E-state index < -0.39 is 0 Å². The van der Waals surface area contributed by atoms with Crippen LogP contribution in [-0.2, 0) is 12.0 Å². The quantitative estimate of drug-likeness (QED) is 0.885. The van der Waals surface area contributed by atoms with Gasteiger partial charge >= 0.3 is 0 Å². The molecule has 2 aromatic rings. The van der Waals surface area contributed by atoms with Crippen LogP contribution in [0.2, 0.25) is 0 Å². The highest BCUT2D eigenvalue weighted by Gasteiger charge is 2.19. The van der Waals surface area contributed by atoms with E-state index in [-0.39, 0.29) is 5.41 Å². The summed E-state index contributed by atoms with van der Waals surface area (Å²) in [5.41, 5.74) is 7.64. The van der Waals surface area contributed by atoms with Gasteiger partial charge in [0, 0.05) is 34.7 Å². The maximum atomic E-state index is 5.77. The Morgan fingerprint density at radius 1 is 1.33 bits per heavy atom. The molecule has 3 N–H and O–H groups in total. The lowest BCUT2D eigenvalue weighted by atomic mass is 9.96. The Hall–Kier alpha value is -1.66. The van der Waals surface area contributed by atoms with Crippen molar-refractivity contribution in [2.75, 3.05) is 11.9 Å².